The van der Waals surface area contributed by atoms with Gasteiger partial charge in [-0.05, 0) is 56.7 Å². The predicted molar refractivity (Wildman–Crippen MR) is 138 cm³/mol. The van der Waals surface area contributed by atoms with Crippen molar-refractivity contribution >= 4 is 17.0 Å². The van der Waals surface area contributed by atoms with Crippen LogP contribution in [0, 0.1) is 0 Å². The molecule has 36 heavy (non-hydrogen) atoms. The summed E-state index contributed by atoms with van der Waals surface area (Å²) < 4.78 is 15.0. The quantitative estimate of drug-likeness (QED) is 0.343. The third-order valence-electron chi connectivity index (χ3n) is 5.76. The fraction of sp³-hybridized carbons (Fsp3) is 0.269. The number of rotatable bonds is 7. The van der Waals surface area contributed by atoms with E-state index in [1.165, 1.54) is 6.33 Å². The number of hydrogen-bond donors (Lipinski definition) is 1. The zero-order valence-electron chi connectivity index (χ0n) is 20.7. The number of imidazole rings is 1. The van der Waals surface area contributed by atoms with Crippen LogP contribution in [0.15, 0.2) is 61.4 Å². The van der Waals surface area contributed by atoms with Gasteiger partial charge in [0.25, 0.3) is 0 Å². The molecular formula is C26H28N8O2. The van der Waals surface area contributed by atoms with E-state index in [1.807, 2.05) is 30.3 Å². The summed E-state index contributed by atoms with van der Waals surface area (Å²) in [6.07, 6.45) is 6.62. The van der Waals surface area contributed by atoms with Gasteiger partial charge in [0.2, 0.25) is 5.95 Å². The molecule has 0 fully saturated rings. The van der Waals surface area contributed by atoms with Crippen LogP contribution in [0.1, 0.15) is 20.8 Å². The second-order valence-corrected chi connectivity index (χ2v) is 9.34. The average molecular weight is 485 g/mol. The fourth-order valence-corrected chi connectivity index (χ4v) is 4.17. The zero-order chi connectivity index (χ0) is 25.3. The monoisotopic (exact) mass is 484 g/mol. The molecule has 5 aromatic rings. The molecule has 3 aromatic heterocycles. The van der Waals surface area contributed by atoms with Crippen LogP contribution in [0.25, 0.3) is 39.2 Å². The Morgan fingerprint density at radius 3 is 2.47 bits per heavy atom. The highest BCUT2D eigenvalue weighted by molar-refractivity contribution is 5.87. The van der Waals surface area contributed by atoms with Gasteiger partial charge < -0.3 is 19.8 Å². The molecule has 184 valence electrons. The van der Waals surface area contributed by atoms with Crippen LogP contribution in [0.3, 0.4) is 0 Å². The Bertz CT molecular complexity index is 1490. The molecule has 2 N–H and O–H groups in total. The van der Waals surface area contributed by atoms with Gasteiger partial charge in [0.1, 0.15) is 30.8 Å². The maximum absolute atomic E-state index is 5.94. The molecule has 0 saturated heterocycles. The zero-order valence-corrected chi connectivity index (χ0v) is 20.7. The molecule has 2 aromatic carbocycles. The highest BCUT2D eigenvalue weighted by Crippen LogP contribution is 2.37. The first-order chi connectivity index (χ1) is 17.3. The molecule has 0 amide bonds. The van der Waals surface area contributed by atoms with Crippen molar-refractivity contribution < 1.29 is 9.47 Å². The topological polar surface area (TPSA) is 119 Å². The van der Waals surface area contributed by atoms with E-state index in [9.17, 15) is 0 Å². The average Bonchev–Trinajstić information content (AvgIpc) is 3.52. The van der Waals surface area contributed by atoms with Crippen molar-refractivity contribution in [2.75, 3.05) is 26.1 Å². The van der Waals surface area contributed by atoms with Crippen LogP contribution in [0.5, 0.6) is 5.75 Å². The van der Waals surface area contributed by atoms with E-state index in [4.69, 9.17) is 20.2 Å². The van der Waals surface area contributed by atoms with Crippen LogP contribution < -0.4 is 10.5 Å². The number of anilines is 1. The lowest BCUT2D eigenvalue weighted by Gasteiger charge is -2.25. The smallest absolute Gasteiger partial charge is 0.219 e. The van der Waals surface area contributed by atoms with Gasteiger partial charge in [-0.3, -0.25) is 0 Å². The summed E-state index contributed by atoms with van der Waals surface area (Å²) in [6.45, 7) is 7.42. The second kappa shape index (κ2) is 9.38. The molecule has 10 heteroatoms. The number of ether oxygens (including phenoxy) is 2. The highest BCUT2D eigenvalue weighted by Gasteiger charge is 2.25. The normalized spacial score (nSPS) is 11.8. The molecule has 0 saturated carbocycles. The molecule has 0 radical (unpaired) electrons. The molecule has 0 aliphatic carbocycles. The van der Waals surface area contributed by atoms with E-state index in [-0.39, 0.29) is 11.5 Å². The molecule has 0 aliphatic heterocycles. The minimum Gasteiger partial charge on any atom is -0.491 e. The fourth-order valence-electron chi connectivity index (χ4n) is 4.17. The predicted octanol–water partition coefficient (Wildman–Crippen LogP) is 4.10. The van der Waals surface area contributed by atoms with Crippen molar-refractivity contribution in [1.29, 1.82) is 0 Å². The molecular weight excluding hydrogens is 456 g/mol. The van der Waals surface area contributed by atoms with Crippen molar-refractivity contribution in [1.82, 2.24) is 34.3 Å². The first-order valence-corrected chi connectivity index (χ1v) is 11.6. The van der Waals surface area contributed by atoms with Crippen molar-refractivity contribution in [2.24, 2.45) is 0 Å². The molecule has 0 spiro atoms. The van der Waals surface area contributed by atoms with E-state index in [2.05, 4.69) is 51.5 Å². The highest BCUT2D eigenvalue weighted by atomic mass is 16.5. The largest absolute Gasteiger partial charge is 0.491 e. The van der Waals surface area contributed by atoms with Crippen LogP contribution in [-0.2, 0) is 10.3 Å². The van der Waals surface area contributed by atoms with Gasteiger partial charge in [0, 0.05) is 36.2 Å². The van der Waals surface area contributed by atoms with Crippen molar-refractivity contribution in [3.05, 3.63) is 61.4 Å². The first-order valence-electron chi connectivity index (χ1n) is 11.6. The minimum atomic E-state index is -0.261. The third kappa shape index (κ3) is 4.50. The van der Waals surface area contributed by atoms with Gasteiger partial charge >= 0.3 is 0 Å². The minimum absolute atomic E-state index is 0.243. The Morgan fingerprint density at radius 1 is 0.972 bits per heavy atom. The van der Waals surface area contributed by atoms with Crippen LogP contribution in [0.2, 0.25) is 0 Å². The van der Waals surface area contributed by atoms with Gasteiger partial charge in [-0.15, -0.1) is 0 Å². The maximum atomic E-state index is 5.94. The summed E-state index contributed by atoms with van der Waals surface area (Å²) >= 11 is 0. The number of nitrogens with zero attached hydrogens (tertiary/aromatic N) is 7. The number of fused-ring (bicyclic) bond motifs is 1. The number of methoxy groups -OCH3 is 1. The third-order valence-corrected chi connectivity index (χ3v) is 5.76. The van der Waals surface area contributed by atoms with Crippen molar-refractivity contribution in [2.45, 2.75) is 26.3 Å². The van der Waals surface area contributed by atoms with Gasteiger partial charge in [0.15, 0.2) is 0 Å². The lowest BCUT2D eigenvalue weighted by atomic mass is 10.0. The van der Waals surface area contributed by atoms with E-state index in [1.54, 1.807) is 30.5 Å². The summed E-state index contributed by atoms with van der Waals surface area (Å²) in [6, 6.07) is 12.0. The van der Waals surface area contributed by atoms with E-state index in [0.717, 1.165) is 45.0 Å². The van der Waals surface area contributed by atoms with Gasteiger partial charge in [-0.2, -0.15) is 5.10 Å². The Balaban J connectivity index is 1.71. The summed E-state index contributed by atoms with van der Waals surface area (Å²) in [5.74, 6) is 1.76. The Morgan fingerprint density at radius 2 is 1.78 bits per heavy atom. The number of hydrogen-bond acceptors (Lipinski definition) is 8. The SMILES string of the molecule is COCCOc1ccc(-n2cncn2)c(-c2nc3cc(-c4cnc(N)nc4)ccc3n2C(C)(C)C)c1. The molecule has 0 bridgehead atoms. The number of nitrogens with two attached hydrogens (primary N) is 1. The van der Waals surface area contributed by atoms with Gasteiger partial charge in [-0.25, -0.2) is 24.6 Å². The molecule has 10 nitrogen and oxygen atoms in total. The second-order valence-electron chi connectivity index (χ2n) is 9.34. The van der Waals surface area contributed by atoms with Crippen LogP contribution >= 0.6 is 0 Å². The Hall–Kier alpha value is -4.31. The van der Waals surface area contributed by atoms with E-state index < -0.39 is 0 Å². The maximum Gasteiger partial charge on any atom is 0.219 e. The van der Waals surface area contributed by atoms with Crippen molar-refractivity contribution in [3.8, 4) is 34.0 Å². The van der Waals surface area contributed by atoms with Gasteiger partial charge in [0.05, 0.1) is 23.3 Å². The summed E-state index contributed by atoms with van der Waals surface area (Å²) in [5.41, 5.74) is 10.8. The Kier molecular flexibility index (Phi) is 6.11. The van der Waals surface area contributed by atoms with Crippen molar-refractivity contribution in [3.63, 3.8) is 0 Å². The summed E-state index contributed by atoms with van der Waals surface area (Å²) in [7, 11) is 1.65. The lowest BCUT2D eigenvalue weighted by molar-refractivity contribution is 0.146. The van der Waals surface area contributed by atoms with E-state index >= 15 is 0 Å². The Labute approximate surface area is 208 Å². The van der Waals surface area contributed by atoms with Crippen LogP contribution in [0.4, 0.5) is 5.95 Å². The number of nitrogen functional groups attached to an aromatic ring is 1. The summed E-state index contributed by atoms with van der Waals surface area (Å²) in [4.78, 5) is 17.5. The summed E-state index contributed by atoms with van der Waals surface area (Å²) in [5, 5.41) is 4.37. The standard InChI is InChI=1S/C26H28N8O2/c1-26(2,3)34-23-7-5-17(18-13-29-25(27)30-14-18)11-21(23)32-24(34)20-12-19(36-10-9-35-4)6-8-22(20)33-16-28-15-31-33/h5-8,11-16H,9-10H2,1-4H3,(H2,27,29,30). The molecule has 0 atom stereocenters. The molecule has 3 heterocycles. The van der Waals surface area contributed by atoms with E-state index in [0.29, 0.717) is 13.2 Å². The number of aromatic nitrogens is 7. The molecule has 0 unspecified atom stereocenters. The first kappa shape index (κ1) is 23.4. The lowest BCUT2D eigenvalue weighted by Crippen LogP contribution is -2.23. The number of benzene rings is 2. The van der Waals surface area contributed by atoms with Crippen LogP contribution in [-0.4, -0.2) is 54.6 Å². The molecule has 0 aliphatic rings. The molecule has 5 rings (SSSR count). The van der Waals surface area contributed by atoms with Gasteiger partial charge in [-0.1, -0.05) is 6.07 Å².